The van der Waals surface area contributed by atoms with E-state index in [1.165, 1.54) is 30.3 Å². The molecule has 29 heavy (non-hydrogen) atoms. The van der Waals surface area contributed by atoms with Crippen LogP contribution < -0.4 is 20.4 Å². The molecule has 0 saturated carbocycles. The summed E-state index contributed by atoms with van der Waals surface area (Å²) in [6, 6.07) is 10.3. The normalized spacial score (nSPS) is 18.9. The summed E-state index contributed by atoms with van der Waals surface area (Å²) in [6.07, 6.45) is 0. The summed E-state index contributed by atoms with van der Waals surface area (Å²) in [6.45, 7) is 5.41. The molecule has 0 aromatic heterocycles. The van der Waals surface area contributed by atoms with E-state index >= 15 is 0 Å². The number of nitrogens with one attached hydrogen (secondary N) is 4. The molecule has 1 fully saturated rings. The molecule has 0 radical (unpaired) electrons. The van der Waals surface area contributed by atoms with Gasteiger partial charge in [0, 0.05) is 11.4 Å². The average Bonchev–Trinajstić information content (AvgIpc) is 2.68. The van der Waals surface area contributed by atoms with Crippen molar-refractivity contribution >= 4 is 23.2 Å². The van der Waals surface area contributed by atoms with Crippen LogP contribution in [0.2, 0.25) is 0 Å². The molecule has 0 atom stereocenters. The van der Waals surface area contributed by atoms with E-state index < -0.39 is 0 Å². The molecule has 1 saturated heterocycles. The van der Waals surface area contributed by atoms with Crippen LogP contribution in [0, 0.1) is 18.6 Å². The van der Waals surface area contributed by atoms with Gasteiger partial charge in [-0.1, -0.05) is 6.07 Å². The third kappa shape index (κ3) is 6.33. The van der Waals surface area contributed by atoms with Crippen molar-refractivity contribution in [2.45, 2.75) is 6.92 Å². The maximum atomic E-state index is 13.6. The smallest absolute Gasteiger partial charge is 0.279 e. The minimum atomic E-state index is -0.343. The van der Waals surface area contributed by atoms with Gasteiger partial charge in [0.05, 0.1) is 0 Å². The Kier molecular flexibility index (Phi) is 6.90. The first-order chi connectivity index (χ1) is 13.9. The third-order valence-corrected chi connectivity index (χ3v) is 5.07. The molecule has 2 aromatic rings. The number of rotatable bonds is 6. The van der Waals surface area contributed by atoms with Gasteiger partial charge in [0.15, 0.2) is 13.1 Å². The maximum Gasteiger partial charge on any atom is 0.279 e. The summed E-state index contributed by atoms with van der Waals surface area (Å²) < 4.78 is 26.5. The second kappa shape index (κ2) is 9.58. The number of halogens is 2. The van der Waals surface area contributed by atoms with Crippen LogP contribution in [0.1, 0.15) is 5.56 Å². The summed E-state index contributed by atoms with van der Waals surface area (Å²) in [7, 11) is 0. The fourth-order valence-electron chi connectivity index (χ4n) is 3.38. The Morgan fingerprint density at radius 1 is 0.828 bits per heavy atom. The monoisotopic (exact) mass is 404 g/mol. The minimum Gasteiger partial charge on any atom is -0.321 e. The molecule has 0 unspecified atom stereocenters. The van der Waals surface area contributed by atoms with Crippen molar-refractivity contribution in [3.05, 3.63) is 59.7 Å². The first-order valence-electron chi connectivity index (χ1n) is 9.67. The molecular weight excluding hydrogens is 378 g/mol. The largest absolute Gasteiger partial charge is 0.321 e. The standard InChI is InChI=1S/C21H24F2N4O2/c1-15-2-5-18(12-19(15)23)25-21(29)14-27-10-8-26(9-11-27)13-20(28)24-17-6-3-16(22)4-7-17/h2-7,12H,8-11,13-14H2,1H3,(H,24,28)(H,25,29)/p+2. The molecule has 2 amide bonds. The summed E-state index contributed by atoms with van der Waals surface area (Å²) >= 11 is 0. The molecule has 1 heterocycles. The van der Waals surface area contributed by atoms with Crippen molar-refractivity contribution in [3.63, 3.8) is 0 Å². The molecule has 6 nitrogen and oxygen atoms in total. The van der Waals surface area contributed by atoms with E-state index in [1.54, 1.807) is 19.1 Å². The number of hydrogen-bond donors (Lipinski definition) is 4. The Morgan fingerprint density at radius 2 is 1.31 bits per heavy atom. The van der Waals surface area contributed by atoms with E-state index in [4.69, 9.17) is 0 Å². The van der Waals surface area contributed by atoms with Crippen molar-refractivity contribution in [2.75, 3.05) is 49.9 Å². The Labute approximate surface area is 168 Å². The zero-order chi connectivity index (χ0) is 20.8. The number of amides is 2. The van der Waals surface area contributed by atoms with E-state index in [-0.39, 0.29) is 23.4 Å². The van der Waals surface area contributed by atoms with Gasteiger partial charge < -0.3 is 20.4 Å². The fraction of sp³-hybridized carbons (Fsp3) is 0.333. The van der Waals surface area contributed by atoms with Crippen molar-refractivity contribution in [2.24, 2.45) is 0 Å². The lowest BCUT2D eigenvalue weighted by Crippen LogP contribution is -3.28. The molecule has 154 valence electrons. The van der Waals surface area contributed by atoms with Crippen LogP contribution in [0.25, 0.3) is 0 Å². The molecule has 4 N–H and O–H groups in total. The minimum absolute atomic E-state index is 0.116. The lowest BCUT2D eigenvalue weighted by atomic mass is 10.2. The molecule has 1 aliphatic heterocycles. The van der Waals surface area contributed by atoms with E-state index in [1.807, 2.05) is 0 Å². The van der Waals surface area contributed by atoms with Gasteiger partial charge >= 0.3 is 0 Å². The Morgan fingerprint density at radius 3 is 1.83 bits per heavy atom. The molecule has 3 rings (SSSR count). The number of carbonyl (C=O) groups is 2. The molecule has 0 bridgehead atoms. The third-order valence-electron chi connectivity index (χ3n) is 5.07. The van der Waals surface area contributed by atoms with Gasteiger partial charge in [-0.3, -0.25) is 9.59 Å². The predicted molar refractivity (Wildman–Crippen MR) is 106 cm³/mol. The Bertz CT molecular complexity index is 865. The molecule has 8 heteroatoms. The van der Waals surface area contributed by atoms with Crippen LogP contribution in [0.15, 0.2) is 42.5 Å². The number of quaternary nitrogens is 2. The number of hydrogen-bond acceptors (Lipinski definition) is 2. The van der Waals surface area contributed by atoms with Crippen LogP contribution in [0.4, 0.5) is 20.2 Å². The van der Waals surface area contributed by atoms with Crippen molar-refractivity contribution < 1.29 is 28.2 Å². The maximum absolute atomic E-state index is 13.6. The number of carbonyl (C=O) groups excluding carboxylic acids is 2. The number of benzene rings is 2. The summed E-state index contributed by atoms with van der Waals surface area (Å²) in [5.74, 6) is -0.953. The Balaban J connectivity index is 1.39. The number of piperazine rings is 1. The fourth-order valence-corrected chi connectivity index (χ4v) is 3.38. The van der Waals surface area contributed by atoms with E-state index in [2.05, 4.69) is 10.6 Å². The van der Waals surface area contributed by atoms with E-state index in [0.717, 1.165) is 36.0 Å². The highest BCUT2D eigenvalue weighted by molar-refractivity contribution is 5.92. The topological polar surface area (TPSA) is 67.1 Å². The van der Waals surface area contributed by atoms with E-state index in [0.29, 0.717) is 30.0 Å². The highest BCUT2D eigenvalue weighted by atomic mass is 19.1. The van der Waals surface area contributed by atoms with Crippen LogP contribution in [0.3, 0.4) is 0 Å². The summed E-state index contributed by atoms with van der Waals surface area (Å²) in [5, 5.41) is 5.50. The molecule has 2 aromatic carbocycles. The van der Waals surface area contributed by atoms with E-state index in [9.17, 15) is 18.4 Å². The lowest BCUT2D eigenvalue weighted by Gasteiger charge is -2.29. The quantitative estimate of drug-likeness (QED) is 0.531. The zero-order valence-corrected chi connectivity index (χ0v) is 16.4. The first kappa shape index (κ1) is 20.9. The summed E-state index contributed by atoms with van der Waals surface area (Å²) in [4.78, 5) is 26.6. The first-order valence-corrected chi connectivity index (χ1v) is 9.67. The molecule has 0 aliphatic carbocycles. The number of aryl methyl sites for hydroxylation is 1. The second-order valence-corrected chi connectivity index (χ2v) is 7.42. The second-order valence-electron chi connectivity index (χ2n) is 7.42. The SMILES string of the molecule is Cc1ccc(NC(=O)C[NH+]2CC[NH+](CC(=O)Nc3ccc(F)cc3)CC2)cc1F. The highest BCUT2D eigenvalue weighted by Gasteiger charge is 2.26. The number of anilines is 2. The van der Waals surface area contributed by atoms with Gasteiger partial charge in [-0.15, -0.1) is 0 Å². The van der Waals surface area contributed by atoms with Gasteiger partial charge in [-0.25, -0.2) is 8.78 Å². The van der Waals surface area contributed by atoms with Gasteiger partial charge in [0.2, 0.25) is 0 Å². The van der Waals surface area contributed by atoms with Gasteiger partial charge in [-0.05, 0) is 48.9 Å². The van der Waals surface area contributed by atoms with Crippen molar-refractivity contribution in [1.29, 1.82) is 0 Å². The summed E-state index contributed by atoms with van der Waals surface area (Å²) in [5.41, 5.74) is 1.57. The molecule has 0 spiro atoms. The molecule has 1 aliphatic rings. The van der Waals surface area contributed by atoms with Gasteiger partial charge in [0.25, 0.3) is 11.8 Å². The van der Waals surface area contributed by atoms with Gasteiger partial charge in [0.1, 0.15) is 37.8 Å². The zero-order valence-electron chi connectivity index (χ0n) is 16.4. The Hall–Kier alpha value is -2.84. The lowest BCUT2D eigenvalue weighted by molar-refractivity contribution is -1.00. The van der Waals surface area contributed by atoms with Crippen LogP contribution in [-0.2, 0) is 9.59 Å². The van der Waals surface area contributed by atoms with Crippen LogP contribution >= 0.6 is 0 Å². The highest BCUT2D eigenvalue weighted by Crippen LogP contribution is 2.13. The van der Waals surface area contributed by atoms with Crippen LogP contribution in [-0.4, -0.2) is 51.1 Å². The van der Waals surface area contributed by atoms with Crippen molar-refractivity contribution in [3.8, 4) is 0 Å². The average molecular weight is 404 g/mol. The van der Waals surface area contributed by atoms with Crippen molar-refractivity contribution in [1.82, 2.24) is 0 Å². The predicted octanol–water partition coefficient (Wildman–Crippen LogP) is -0.366. The molecular formula is C21H26F2N4O2+2. The van der Waals surface area contributed by atoms with Gasteiger partial charge in [-0.2, -0.15) is 0 Å². The van der Waals surface area contributed by atoms with Crippen LogP contribution in [0.5, 0.6) is 0 Å².